The molecule has 2 N–H and O–H groups in total. The molecule has 2 aliphatic rings. The van der Waals surface area contributed by atoms with E-state index in [9.17, 15) is 14.4 Å². The lowest BCUT2D eigenvalue weighted by molar-refractivity contribution is -0.138. The van der Waals surface area contributed by atoms with Crippen LogP contribution in [0.1, 0.15) is 53.8 Å². The summed E-state index contributed by atoms with van der Waals surface area (Å²) in [6.45, 7) is 8.38. The van der Waals surface area contributed by atoms with Gasteiger partial charge in [-0.15, -0.1) is 6.58 Å². The third-order valence-electron chi connectivity index (χ3n) is 8.82. The molecule has 242 valence electrons. The van der Waals surface area contributed by atoms with E-state index < -0.39 is 0 Å². The number of methoxy groups -OCH3 is 1. The van der Waals surface area contributed by atoms with Gasteiger partial charge in [-0.05, 0) is 61.6 Å². The Hall–Kier alpha value is -3.93. The maximum absolute atomic E-state index is 15.2. The number of hydrogen-bond acceptors (Lipinski definition) is 8. The lowest BCUT2D eigenvalue weighted by Gasteiger charge is -2.35. The van der Waals surface area contributed by atoms with Crippen LogP contribution in [-0.2, 0) is 36.8 Å². The van der Waals surface area contributed by atoms with E-state index in [0.717, 1.165) is 46.1 Å². The van der Waals surface area contributed by atoms with E-state index in [0.29, 0.717) is 41.7 Å². The smallest absolute Gasteiger partial charge is 0.248 e. The second kappa shape index (κ2) is 14.9. The summed E-state index contributed by atoms with van der Waals surface area (Å²) in [5.41, 5.74) is 6.80. The second-order valence-electron chi connectivity index (χ2n) is 11.6. The number of fused-ring (bicyclic) bond motifs is 2. The van der Waals surface area contributed by atoms with Gasteiger partial charge in [0.25, 0.3) is 0 Å². The zero-order valence-corrected chi connectivity index (χ0v) is 27.1. The van der Waals surface area contributed by atoms with E-state index in [1.54, 1.807) is 33.0 Å². The average molecular weight is 622 g/mol. The van der Waals surface area contributed by atoms with Crippen LogP contribution in [-0.4, -0.2) is 87.6 Å². The Morgan fingerprint density at radius 2 is 2.07 bits per heavy atom. The van der Waals surface area contributed by atoms with Crippen LogP contribution in [0, 0.1) is 18.7 Å². The van der Waals surface area contributed by atoms with Crippen LogP contribution in [0.4, 0.5) is 4.39 Å². The van der Waals surface area contributed by atoms with Crippen LogP contribution in [0.15, 0.2) is 35.9 Å². The van der Waals surface area contributed by atoms with Crippen molar-refractivity contribution in [2.45, 2.75) is 45.7 Å². The molecule has 1 aromatic heterocycles. The number of benzene rings is 1. The molecule has 1 aromatic carbocycles. The molecule has 2 amide bonds. The Morgan fingerprint density at radius 3 is 2.71 bits per heavy atom. The number of carbonyl (C=O) groups excluding carboxylic acids is 3. The van der Waals surface area contributed by atoms with Gasteiger partial charge < -0.3 is 29.9 Å². The molecule has 0 fully saturated rings. The topological polar surface area (TPSA) is 113 Å². The predicted molar refractivity (Wildman–Crippen MR) is 172 cm³/mol. The quantitative estimate of drug-likeness (QED) is 0.108. The number of nitrogens with zero attached hydrogens (tertiary/aromatic N) is 3. The van der Waals surface area contributed by atoms with Gasteiger partial charge in [0.05, 0.1) is 36.1 Å². The highest BCUT2D eigenvalue weighted by molar-refractivity contribution is 5.93. The number of nitrogens with one attached hydrogen (secondary N) is 2. The van der Waals surface area contributed by atoms with Gasteiger partial charge in [0.1, 0.15) is 25.4 Å². The second-order valence-corrected chi connectivity index (χ2v) is 11.6. The molecule has 0 radical (unpaired) electrons. The van der Waals surface area contributed by atoms with Crippen molar-refractivity contribution in [3.63, 3.8) is 0 Å². The predicted octanol–water partition coefficient (Wildman–Crippen LogP) is 3.58. The molecule has 1 aliphatic carbocycles. The zero-order chi connectivity index (χ0) is 32.8. The lowest BCUT2D eigenvalue weighted by Crippen LogP contribution is -2.38. The number of rotatable bonds is 14. The first kappa shape index (κ1) is 34.0. The molecule has 45 heavy (non-hydrogen) atoms. The van der Waals surface area contributed by atoms with Gasteiger partial charge in [0.15, 0.2) is 0 Å². The molecule has 4 rings (SSSR count). The van der Waals surface area contributed by atoms with Crippen LogP contribution < -0.4 is 10.6 Å². The van der Waals surface area contributed by atoms with Crippen LogP contribution in [0.25, 0.3) is 16.6 Å². The maximum Gasteiger partial charge on any atom is 0.248 e. The van der Waals surface area contributed by atoms with Crippen molar-refractivity contribution in [3.05, 3.63) is 69.7 Å². The van der Waals surface area contributed by atoms with Crippen LogP contribution >= 0.6 is 0 Å². The Labute approximate surface area is 264 Å². The summed E-state index contributed by atoms with van der Waals surface area (Å²) in [7, 11) is 6.94. The molecule has 10 nitrogen and oxygen atoms in total. The number of likely N-dealkylation sites (N-methyl/N-ethyl adjacent to an activating group) is 2. The third-order valence-corrected chi connectivity index (χ3v) is 8.82. The average Bonchev–Trinajstić information content (AvgIpc) is 3.34. The summed E-state index contributed by atoms with van der Waals surface area (Å²) in [5.74, 6) is -0.865. The Bertz CT molecular complexity index is 1550. The molecule has 0 saturated carbocycles. The highest BCUT2D eigenvalue weighted by atomic mass is 19.1. The van der Waals surface area contributed by atoms with Gasteiger partial charge in [-0.25, -0.2) is 9.37 Å². The van der Waals surface area contributed by atoms with E-state index in [4.69, 9.17) is 14.5 Å². The molecule has 2 aromatic rings. The minimum Gasteiger partial charge on any atom is -0.380 e. The summed E-state index contributed by atoms with van der Waals surface area (Å²) in [6.07, 6.45) is 6.57. The van der Waals surface area contributed by atoms with Crippen molar-refractivity contribution in [2.24, 2.45) is 5.92 Å². The number of hydrogen-bond donors (Lipinski definition) is 2. The molecule has 0 bridgehead atoms. The number of aromatic nitrogens is 1. The van der Waals surface area contributed by atoms with Gasteiger partial charge in [0.2, 0.25) is 11.8 Å². The fourth-order valence-corrected chi connectivity index (χ4v) is 6.40. The van der Waals surface area contributed by atoms with Crippen LogP contribution in [0.2, 0.25) is 0 Å². The molecule has 1 aliphatic heterocycles. The molecule has 2 unspecified atom stereocenters. The first-order chi connectivity index (χ1) is 21.6. The Balaban J connectivity index is 1.82. The Morgan fingerprint density at radius 1 is 1.31 bits per heavy atom. The normalized spacial score (nSPS) is 17.6. The number of aryl methyl sites for hydroxylation is 1. The molecule has 2 atom stereocenters. The fraction of sp³-hybridized carbons (Fsp3) is 0.471. The van der Waals surface area contributed by atoms with E-state index >= 15 is 4.39 Å². The summed E-state index contributed by atoms with van der Waals surface area (Å²) in [5, 5.41) is 6.25. The summed E-state index contributed by atoms with van der Waals surface area (Å²) < 4.78 is 26.1. The maximum atomic E-state index is 15.2. The molecule has 0 spiro atoms. The number of allylic oxidation sites excluding steroid dienone is 3. The van der Waals surface area contributed by atoms with Crippen molar-refractivity contribution < 1.29 is 28.2 Å². The van der Waals surface area contributed by atoms with Gasteiger partial charge in [-0.3, -0.25) is 14.4 Å². The number of ether oxygens (including phenoxy) is 2. The molecule has 0 saturated heterocycles. The summed E-state index contributed by atoms with van der Waals surface area (Å²) in [4.78, 5) is 46.0. The highest BCUT2D eigenvalue weighted by Crippen LogP contribution is 2.46. The number of halogens is 1. The first-order valence-electron chi connectivity index (χ1n) is 15.2. The third kappa shape index (κ3) is 6.85. The number of pyridine rings is 1. The minimum atomic E-state index is -0.314. The highest BCUT2D eigenvalue weighted by Gasteiger charge is 2.37. The molecular formula is C34H44FN5O5. The molecule has 11 heteroatoms. The Kier molecular flexibility index (Phi) is 11.2. The van der Waals surface area contributed by atoms with Crippen molar-refractivity contribution in [1.29, 1.82) is 0 Å². The van der Waals surface area contributed by atoms with Gasteiger partial charge in [-0.2, -0.15) is 0 Å². The van der Waals surface area contributed by atoms with E-state index in [-0.39, 0.29) is 56.1 Å². The number of carbonyl (C=O) groups is 3. The standard InChI is InChI=1S/C34H44FN5O5/c1-8-21(9-2)24(22(16-41)17-44-7)12-29-34-25(15-39(29)5)33-28(40(6)31(43)18-45-19-37-30(42)14-36-4)11-10-23-20(3)26(35)13-27(38-34)32(23)33/h8,12-13,16,21,28,36H,1,9-11,14-15,17-19H2,2-7H3,(H,37,42)/b24-22-,29-12-. The van der Waals surface area contributed by atoms with Crippen molar-refractivity contribution in [1.82, 2.24) is 25.4 Å². The molecule has 2 heterocycles. The van der Waals surface area contributed by atoms with Crippen molar-refractivity contribution in [2.75, 3.05) is 54.7 Å². The van der Waals surface area contributed by atoms with Gasteiger partial charge >= 0.3 is 0 Å². The van der Waals surface area contributed by atoms with Gasteiger partial charge in [-0.1, -0.05) is 13.0 Å². The number of amides is 2. The van der Waals surface area contributed by atoms with E-state index in [2.05, 4.69) is 22.1 Å². The summed E-state index contributed by atoms with van der Waals surface area (Å²) in [6, 6.07) is 1.18. The van der Waals surface area contributed by atoms with E-state index in [1.165, 1.54) is 6.07 Å². The van der Waals surface area contributed by atoms with Gasteiger partial charge in [0, 0.05) is 56.3 Å². The van der Waals surface area contributed by atoms with E-state index in [1.807, 2.05) is 26.1 Å². The fourth-order valence-electron chi connectivity index (χ4n) is 6.40. The molecular weight excluding hydrogens is 577 g/mol. The van der Waals surface area contributed by atoms with Crippen LogP contribution in [0.5, 0.6) is 0 Å². The van der Waals surface area contributed by atoms with Crippen molar-refractivity contribution in [3.8, 4) is 0 Å². The number of aldehydes is 1. The first-order valence-corrected chi connectivity index (χ1v) is 15.2. The largest absolute Gasteiger partial charge is 0.380 e. The summed E-state index contributed by atoms with van der Waals surface area (Å²) >= 11 is 0. The SMILES string of the molecule is C=CC(CC)C(/C=C1/c2nc3cc(F)c(C)c4c3c(c2CN1C)C(N(C)C(=O)COCNC(=O)CNC)CC4)=C(/C=O)COC. The van der Waals surface area contributed by atoms with Crippen LogP contribution in [0.3, 0.4) is 0 Å². The zero-order valence-electron chi connectivity index (χ0n) is 27.1. The monoisotopic (exact) mass is 621 g/mol. The van der Waals surface area contributed by atoms with Crippen molar-refractivity contribution >= 4 is 34.7 Å². The lowest BCUT2D eigenvalue weighted by atomic mass is 9.81. The minimum absolute atomic E-state index is 0.0783.